The lowest BCUT2D eigenvalue weighted by Crippen LogP contribution is -2.09. The average molecular weight is 258 g/mol. The van der Waals surface area contributed by atoms with Gasteiger partial charge in [0.05, 0.1) is 11.1 Å². The fourth-order valence-electron chi connectivity index (χ4n) is 1.20. The molecule has 0 amide bonds. The molecule has 0 fully saturated rings. The summed E-state index contributed by atoms with van der Waals surface area (Å²) in [4.78, 5) is 15.4. The third-order valence-electron chi connectivity index (χ3n) is 2.08. The Kier molecular flexibility index (Phi) is 3.56. The second-order valence-corrected chi connectivity index (χ2v) is 3.75. The number of nitriles is 1. The fraction of sp³-hybridized carbons (Fsp3) is 0. The van der Waals surface area contributed by atoms with E-state index in [1.165, 1.54) is 12.1 Å². The van der Waals surface area contributed by atoms with Gasteiger partial charge >= 0.3 is 5.97 Å². The quantitative estimate of drug-likeness (QED) is 0.776. The van der Waals surface area contributed by atoms with E-state index in [9.17, 15) is 4.79 Å². The fourth-order valence-corrected chi connectivity index (χ4v) is 1.33. The second kappa shape index (κ2) is 5.30. The molecule has 0 saturated carbocycles. The van der Waals surface area contributed by atoms with Gasteiger partial charge in [0.2, 0.25) is 5.88 Å². The normalized spacial score (nSPS) is 9.56. The second-order valence-electron chi connectivity index (χ2n) is 3.32. The molecule has 1 radical (unpaired) electrons. The Labute approximate surface area is 108 Å². The van der Waals surface area contributed by atoms with Gasteiger partial charge in [-0.3, -0.25) is 0 Å². The monoisotopic (exact) mass is 257 g/mol. The van der Waals surface area contributed by atoms with Crippen molar-refractivity contribution in [3.05, 3.63) is 58.7 Å². The van der Waals surface area contributed by atoms with Crippen LogP contribution in [-0.2, 0) is 0 Å². The number of halogens is 1. The van der Waals surface area contributed by atoms with Gasteiger partial charge in [-0.1, -0.05) is 11.6 Å². The molecular formula is C13H6ClN2O2. The maximum Gasteiger partial charge on any atom is 0.344 e. The van der Waals surface area contributed by atoms with Crippen LogP contribution in [0.2, 0.25) is 5.02 Å². The summed E-state index contributed by atoms with van der Waals surface area (Å²) >= 11 is 5.71. The Morgan fingerprint density at radius 1 is 1.28 bits per heavy atom. The lowest BCUT2D eigenvalue weighted by atomic mass is 10.2. The largest absolute Gasteiger partial charge is 0.404 e. The predicted molar refractivity (Wildman–Crippen MR) is 64.2 cm³/mol. The van der Waals surface area contributed by atoms with Crippen LogP contribution in [0, 0.1) is 17.5 Å². The number of ether oxygens (including phenoxy) is 1. The number of pyridine rings is 1. The first kappa shape index (κ1) is 12.1. The van der Waals surface area contributed by atoms with Crippen molar-refractivity contribution in [2.24, 2.45) is 0 Å². The van der Waals surface area contributed by atoms with Crippen LogP contribution in [-0.4, -0.2) is 11.0 Å². The van der Waals surface area contributed by atoms with Crippen molar-refractivity contribution in [1.82, 2.24) is 4.98 Å². The van der Waals surface area contributed by atoms with E-state index in [4.69, 9.17) is 21.6 Å². The van der Waals surface area contributed by atoms with Gasteiger partial charge in [0, 0.05) is 11.1 Å². The van der Waals surface area contributed by atoms with Crippen LogP contribution in [0.25, 0.3) is 0 Å². The minimum atomic E-state index is -0.544. The molecule has 2 aromatic rings. The van der Waals surface area contributed by atoms with Crippen molar-refractivity contribution in [3.63, 3.8) is 0 Å². The molecule has 4 nitrogen and oxygen atoms in total. The Morgan fingerprint density at radius 3 is 2.56 bits per heavy atom. The zero-order chi connectivity index (χ0) is 13.0. The number of rotatable bonds is 2. The summed E-state index contributed by atoms with van der Waals surface area (Å²) in [6.07, 6.45) is 2.44. The van der Waals surface area contributed by atoms with Gasteiger partial charge in [-0.25, -0.2) is 9.78 Å². The highest BCUT2D eigenvalue weighted by atomic mass is 35.5. The maximum absolute atomic E-state index is 11.7. The first-order valence-corrected chi connectivity index (χ1v) is 5.33. The zero-order valence-corrected chi connectivity index (χ0v) is 9.81. The molecule has 0 aliphatic rings. The topological polar surface area (TPSA) is 63.0 Å². The summed E-state index contributed by atoms with van der Waals surface area (Å²) in [6, 6.07) is 11.1. The summed E-state index contributed by atoms with van der Waals surface area (Å²) in [6.45, 7) is 0. The summed E-state index contributed by atoms with van der Waals surface area (Å²) in [5.74, 6) is -0.453. The van der Waals surface area contributed by atoms with Crippen LogP contribution in [0.4, 0.5) is 0 Å². The van der Waals surface area contributed by atoms with Crippen molar-refractivity contribution in [2.75, 3.05) is 0 Å². The average Bonchev–Trinajstić information content (AvgIpc) is 2.40. The van der Waals surface area contributed by atoms with E-state index in [0.717, 1.165) is 0 Å². The highest BCUT2D eigenvalue weighted by Gasteiger charge is 2.09. The maximum atomic E-state index is 11.7. The zero-order valence-electron chi connectivity index (χ0n) is 9.05. The Hall–Kier alpha value is -2.38. The standard InChI is InChI=1S/C13H6ClN2O2/c14-11-4-2-10(3-5-11)13(17)18-12-6-1-9(7-15)8-16-12/h1-6H. The van der Waals surface area contributed by atoms with E-state index in [1.807, 2.05) is 6.07 Å². The van der Waals surface area contributed by atoms with E-state index >= 15 is 0 Å². The van der Waals surface area contributed by atoms with Crippen molar-refractivity contribution >= 4 is 17.6 Å². The Balaban J connectivity index is 2.11. The van der Waals surface area contributed by atoms with Crippen LogP contribution in [0.3, 0.4) is 0 Å². The van der Waals surface area contributed by atoms with Gasteiger partial charge in [0.25, 0.3) is 0 Å². The summed E-state index contributed by atoms with van der Waals surface area (Å²) in [5.41, 5.74) is 0.645. The first-order valence-electron chi connectivity index (χ1n) is 4.95. The molecule has 87 valence electrons. The number of aromatic nitrogens is 1. The minimum absolute atomic E-state index is 0.0916. The molecule has 0 aliphatic carbocycles. The first-order chi connectivity index (χ1) is 8.69. The lowest BCUT2D eigenvalue weighted by molar-refractivity contribution is 0.0727. The Bertz CT molecular complexity index is 600. The van der Waals surface area contributed by atoms with Crippen LogP contribution < -0.4 is 4.74 Å². The van der Waals surface area contributed by atoms with E-state index in [2.05, 4.69) is 11.2 Å². The number of nitrogens with zero attached hydrogens (tertiary/aromatic N) is 2. The third-order valence-corrected chi connectivity index (χ3v) is 2.33. The van der Waals surface area contributed by atoms with Gasteiger partial charge in [0.15, 0.2) is 0 Å². The molecule has 0 atom stereocenters. The molecule has 1 aromatic carbocycles. The molecule has 0 spiro atoms. The van der Waals surface area contributed by atoms with Crippen molar-refractivity contribution < 1.29 is 9.53 Å². The molecule has 2 rings (SSSR count). The van der Waals surface area contributed by atoms with Crippen LogP contribution in [0.1, 0.15) is 15.9 Å². The number of hydrogen-bond donors (Lipinski definition) is 0. The highest BCUT2D eigenvalue weighted by Crippen LogP contribution is 2.13. The van der Waals surface area contributed by atoms with E-state index < -0.39 is 5.97 Å². The third kappa shape index (κ3) is 2.84. The van der Waals surface area contributed by atoms with E-state index in [-0.39, 0.29) is 11.4 Å². The van der Waals surface area contributed by atoms with Gasteiger partial charge in [0.1, 0.15) is 12.3 Å². The molecule has 0 N–H and O–H groups in total. The van der Waals surface area contributed by atoms with Gasteiger partial charge in [-0.15, -0.1) is 0 Å². The molecule has 0 unspecified atom stereocenters. The predicted octanol–water partition coefficient (Wildman–Crippen LogP) is 2.63. The van der Waals surface area contributed by atoms with Crippen molar-refractivity contribution in [3.8, 4) is 11.9 Å². The smallest absolute Gasteiger partial charge is 0.344 e. The van der Waals surface area contributed by atoms with Crippen LogP contribution in [0.5, 0.6) is 5.88 Å². The molecule has 5 heteroatoms. The summed E-state index contributed by atoms with van der Waals surface area (Å²) in [7, 11) is 0. The molecule has 18 heavy (non-hydrogen) atoms. The number of esters is 1. The SMILES string of the molecule is N#Cc1[c]nc(OC(=O)c2ccc(Cl)cc2)cc1. The van der Waals surface area contributed by atoms with Crippen LogP contribution >= 0.6 is 11.6 Å². The van der Waals surface area contributed by atoms with E-state index in [0.29, 0.717) is 10.6 Å². The minimum Gasteiger partial charge on any atom is -0.404 e. The molecule has 0 saturated heterocycles. The van der Waals surface area contributed by atoms with E-state index in [1.54, 1.807) is 24.3 Å². The number of benzene rings is 1. The lowest BCUT2D eigenvalue weighted by Gasteiger charge is -2.02. The highest BCUT2D eigenvalue weighted by molar-refractivity contribution is 6.30. The molecule has 0 bridgehead atoms. The molecule has 1 aromatic heterocycles. The molecule has 0 aliphatic heterocycles. The van der Waals surface area contributed by atoms with Gasteiger partial charge in [-0.2, -0.15) is 5.26 Å². The summed E-state index contributed by atoms with van der Waals surface area (Å²) in [5, 5.41) is 9.11. The van der Waals surface area contributed by atoms with Crippen molar-refractivity contribution in [1.29, 1.82) is 5.26 Å². The Morgan fingerprint density at radius 2 is 2.00 bits per heavy atom. The summed E-state index contributed by atoms with van der Waals surface area (Å²) < 4.78 is 5.01. The van der Waals surface area contributed by atoms with Gasteiger partial charge < -0.3 is 4.74 Å². The molecule has 1 heterocycles. The van der Waals surface area contributed by atoms with Crippen LogP contribution in [0.15, 0.2) is 36.4 Å². The van der Waals surface area contributed by atoms with Gasteiger partial charge in [-0.05, 0) is 30.3 Å². The number of hydrogen-bond acceptors (Lipinski definition) is 4. The van der Waals surface area contributed by atoms with Crippen molar-refractivity contribution in [2.45, 2.75) is 0 Å². The molecular weight excluding hydrogens is 252 g/mol. The number of carbonyl (C=O) groups excluding carboxylic acids is 1. The number of carbonyl (C=O) groups is 1.